The van der Waals surface area contributed by atoms with Crippen LogP contribution in [0.5, 0.6) is 0 Å². The Kier molecular flexibility index (Phi) is 7.42. The van der Waals surface area contributed by atoms with E-state index in [1.54, 1.807) is 30.7 Å². The molecule has 6 aromatic rings. The van der Waals surface area contributed by atoms with Crippen molar-refractivity contribution in [3.8, 4) is 33.8 Å². The number of aromatic amines is 2. The number of aromatic nitrogens is 6. The Morgan fingerprint density at radius 2 is 1.91 bits per heavy atom. The van der Waals surface area contributed by atoms with Gasteiger partial charge in [-0.3, -0.25) is 14.9 Å². The van der Waals surface area contributed by atoms with E-state index in [-0.39, 0.29) is 12.5 Å². The van der Waals surface area contributed by atoms with Crippen LogP contribution in [0.25, 0.3) is 55.8 Å². The van der Waals surface area contributed by atoms with E-state index in [0.717, 1.165) is 29.1 Å². The Labute approximate surface area is 246 Å². The average molecular weight is 599 g/mol. The fourth-order valence-corrected chi connectivity index (χ4v) is 5.30. The van der Waals surface area contributed by atoms with Gasteiger partial charge < -0.3 is 10.3 Å². The molecule has 0 fully saturated rings. The van der Waals surface area contributed by atoms with Crippen LogP contribution in [0.4, 0.5) is 10.1 Å². The molecule has 0 spiro atoms. The first-order valence-corrected chi connectivity index (χ1v) is 15.4. The number of carbonyl (C=O) groups is 1. The minimum Gasteiger partial charge on any atom is -0.338 e. The van der Waals surface area contributed by atoms with Gasteiger partial charge in [-0.05, 0) is 71.6 Å². The summed E-state index contributed by atoms with van der Waals surface area (Å²) in [4.78, 5) is 29.0. The molecule has 5 heterocycles. The van der Waals surface area contributed by atoms with Crippen LogP contribution in [0.1, 0.15) is 25.3 Å². The molecule has 1 amide bonds. The summed E-state index contributed by atoms with van der Waals surface area (Å²) in [6.45, 7) is 1.91. The predicted molar refractivity (Wildman–Crippen MR) is 163 cm³/mol. The van der Waals surface area contributed by atoms with Gasteiger partial charge in [0.2, 0.25) is 15.9 Å². The van der Waals surface area contributed by atoms with Crippen molar-refractivity contribution in [3.05, 3.63) is 78.5 Å². The monoisotopic (exact) mass is 598 g/mol. The third kappa shape index (κ3) is 6.12. The lowest BCUT2D eigenvalue weighted by Crippen LogP contribution is -2.21. The summed E-state index contributed by atoms with van der Waals surface area (Å²) in [5.74, 6) is -0.559. The highest BCUT2D eigenvalue weighted by atomic mass is 32.2. The lowest BCUT2D eigenvalue weighted by molar-refractivity contribution is -0.116. The summed E-state index contributed by atoms with van der Waals surface area (Å²) >= 11 is 0. The maximum absolute atomic E-state index is 14.6. The Morgan fingerprint density at radius 1 is 1.05 bits per heavy atom. The topological polar surface area (TPSA) is 158 Å². The number of benzene rings is 1. The van der Waals surface area contributed by atoms with E-state index in [2.05, 4.69) is 35.2 Å². The largest absolute Gasteiger partial charge is 0.338 e. The van der Waals surface area contributed by atoms with Gasteiger partial charge in [-0.2, -0.15) is 5.10 Å². The van der Waals surface area contributed by atoms with Gasteiger partial charge in [-0.1, -0.05) is 6.92 Å². The van der Waals surface area contributed by atoms with Crippen molar-refractivity contribution in [2.24, 2.45) is 0 Å². The summed E-state index contributed by atoms with van der Waals surface area (Å²) < 4.78 is 40.1. The van der Waals surface area contributed by atoms with E-state index in [1.165, 1.54) is 12.1 Å². The molecule has 0 aliphatic heterocycles. The highest BCUT2D eigenvalue weighted by molar-refractivity contribution is 7.88. The average Bonchev–Trinajstić information content (AvgIpc) is 3.59. The number of nitrogens with one attached hydrogen (secondary N) is 4. The van der Waals surface area contributed by atoms with Gasteiger partial charge >= 0.3 is 0 Å². The zero-order chi connectivity index (χ0) is 30.1. The summed E-state index contributed by atoms with van der Waals surface area (Å²) in [6, 6.07) is 13.7. The van der Waals surface area contributed by atoms with Gasteiger partial charge in [0.1, 0.15) is 22.7 Å². The van der Waals surface area contributed by atoms with Crippen molar-refractivity contribution in [1.82, 2.24) is 34.9 Å². The molecular weight excluding hydrogens is 571 g/mol. The molecule has 0 radical (unpaired) electrons. The van der Waals surface area contributed by atoms with E-state index in [0.29, 0.717) is 57.0 Å². The molecular formula is C30H27FN8O3S. The lowest BCUT2D eigenvalue weighted by Gasteiger charge is -2.08. The lowest BCUT2D eigenvalue weighted by atomic mass is 10.0. The molecule has 218 valence electrons. The van der Waals surface area contributed by atoms with Crippen LogP contribution >= 0.6 is 0 Å². The number of H-pyrrole nitrogens is 2. The van der Waals surface area contributed by atoms with E-state index < -0.39 is 15.8 Å². The molecule has 6 rings (SSSR count). The predicted octanol–water partition coefficient (Wildman–Crippen LogP) is 5.16. The maximum atomic E-state index is 14.6. The molecule has 4 N–H and O–H groups in total. The molecule has 0 unspecified atom stereocenters. The van der Waals surface area contributed by atoms with Crippen LogP contribution < -0.4 is 10.0 Å². The Balaban J connectivity index is 1.37. The van der Waals surface area contributed by atoms with Gasteiger partial charge in [0, 0.05) is 36.3 Å². The Hall–Kier alpha value is -5.01. The fraction of sp³-hybridized carbons (Fsp3) is 0.167. The number of hydrogen-bond acceptors (Lipinski definition) is 7. The molecule has 13 heteroatoms. The molecule has 0 saturated carbocycles. The number of amides is 1. The van der Waals surface area contributed by atoms with E-state index in [1.807, 2.05) is 31.2 Å². The highest BCUT2D eigenvalue weighted by Crippen LogP contribution is 2.34. The van der Waals surface area contributed by atoms with Crippen LogP contribution in [-0.2, 0) is 21.4 Å². The number of sulfonamides is 1. The summed E-state index contributed by atoms with van der Waals surface area (Å²) in [6.07, 6.45) is 7.12. The van der Waals surface area contributed by atoms with Crippen molar-refractivity contribution in [1.29, 1.82) is 0 Å². The number of hydrogen-bond donors (Lipinski definition) is 4. The Morgan fingerprint density at radius 3 is 2.72 bits per heavy atom. The van der Waals surface area contributed by atoms with Gasteiger partial charge in [0.15, 0.2) is 0 Å². The summed E-state index contributed by atoms with van der Waals surface area (Å²) in [7, 11) is -3.44. The molecule has 0 bridgehead atoms. The van der Waals surface area contributed by atoms with E-state index in [9.17, 15) is 17.6 Å². The summed E-state index contributed by atoms with van der Waals surface area (Å²) in [5.41, 5.74) is 6.88. The first kappa shape index (κ1) is 28.1. The minimum atomic E-state index is -3.44. The first-order chi connectivity index (χ1) is 20.7. The highest BCUT2D eigenvalue weighted by Gasteiger charge is 2.17. The van der Waals surface area contributed by atoms with Crippen LogP contribution in [0.3, 0.4) is 0 Å². The van der Waals surface area contributed by atoms with Gasteiger partial charge in [0.25, 0.3) is 0 Å². The fourth-order valence-electron chi connectivity index (χ4n) is 4.88. The first-order valence-electron chi connectivity index (χ1n) is 13.5. The maximum Gasteiger partial charge on any atom is 0.224 e. The molecule has 0 aliphatic carbocycles. The second-order valence-corrected chi connectivity index (χ2v) is 12.0. The molecule has 11 nitrogen and oxygen atoms in total. The molecule has 43 heavy (non-hydrogen) atoms. The molecule has 0 atom stereocenters. The SMILES string of the molecule is CCCC(=O)Nc1cncc(-c2ccc3[nH]nc(-c4cc5c(-c6cc(F)cc(CNS(C)(=O)=O)c6)ccnc5[nH]4)c3n2)c1. The minimum absolute atomic E-state index is 0.0347. The third-order valence-electron chi connectivity index (χ3n) is 6.80. The zero-order valence-corrected chi connectivity index (χ0v) is 24.1. The van der Waals surface area contributed by atoms with Crippen molar-refractivity contribution in [3.63, 3.8) is 0 Å². The standard InChI is InChI=1S/C30H27FN8O3S/c1-3-4-27(40)35-21-12-19(15-32-16-21)24-5-6-25-28(36-24)29(39-38-25)26-13-23-22(7-8-33-30(23)37-26)18-9-17(10-20(31)11-18)14-34-43(2,41)42/h5-13,15-16,34H,3-4,14H2,1-2H3,(H,33,37)(H,35,40)(H,38,39). The van der Waals surface area contributed by atoms with E-state index in [4.69, 9.17) is 4.98 Å². The van der Waals surface area contributed by atoms with Gasteiger partial charge in [-0.25, -0.2) is 27.5 Å². The number of pyridine rings is 3. The van der Waals surface area contributed by atoms with Crippen molar-refractivity contribution >= 4 is 43.7 Å². The van der Waals surface area contributed by atoms with Crippen LogP contribution in [0, 0.1) is 5.82 Å². The molecule has 1 aromatic carbocycles. The second kappa shape index (κ2) is 11.3. The third-order valence-corrected chi connectivity index (χ3v) is 7.47. The normalized spacial score (nSPS) is 11.8. The number of halogens is 1. The number of carbonyl (C=O) groups excluding carboxylic acids is 1. The zero-order valence-electron chi connectivity index (χ0n) is 23.3. The number of fused-ring (bicyclic) bond motifs is 2. The number of anilines is 1. The molecule has 0 aliphatic rings. The Bertz CT molecular complexity index is 2110. The summed E-state index contributed by atoms with van der Waals surface area (Å²) in [5, 5.41) is 11.1. The smallest absolute Gasteiger partial charge is 0.224 e. The number of nitrogens with zero attached hydrogens (tertiary/aromatic N) is 4. The van der Waals surface area contributed by atoms with Crippen molar-refractivity contribution < 1.29 is 17.6 Å². The van der Waals surface area contributed by atoms with Crippen LogP contribution in [0.15, 0.2) is 67.1 Å². The van der Waals surface area contributed by atoms with Crippen molar-refractivity contribution in [2.75, 3.05) is 11.6 Å². The van der Waals surface area contributed by atoms with Crippen LogP contribution in [-0.4, -0.2) is 50.7 Å². The van der Waals surface area contributed by atoms with Crippen molar-refractivity contribution in [2.45, 2.75) is 26.3 Å². The number of rotatable bonds is 9. The van der Waals surface area contributed by atoms with Crippen LogP contribution in [0.2, 0.25) is 0 Å². The second-order valence-electron chi connectivity index (χ2n) is 10.2. The van der Waals surface area contributed by atoms with E-state index >= 15 is 0 Å². The molecule has 0 saturated heterocycles. The molecule has 5 aromatic heterocycles. The quantitative estimate of drug-likeness (QED) is 0.179. The van der Waals surface area contributed by atoms with Gasteiger partial charge in [0.05, 0.1) is 35.0 Å². The van der Waals surface area contributed by atoms with Gasteiger partial charge in [-0.15, -0.1) is 0 Å².